The molecule has 0 saturated carbocycles. The van der Waals surface area contributed by atoms with Crippen molar-refractivity contribution < 1.29 is 9.15 Å². The maximum Gasteiger partial charge on any atom is 0.226 e. The highest BCUT2D eigenvalue weighted by Gasteiger charge is 2.08. The van der Waals surface area contributed by atoms with E-state index in [1.807, 2.05) is 48.9 Å². The number of nitrogens with one attached hydrogen (secondary N) is 2. The zero-order valence-corrected chi connectivity index (χ0v) is 16.3. The Morgan fingerprint density at radius 2 is 2.04 bits per heavy atom. The molecule has 2 aromatic heterocycles. The molecule has 0 atom stereocenters. The first-order valence-electron chi connectivity index (χ1n) is 9.03. The van der Waals surface area contributed by atoms with E-state index in [0.29, 0.717) is 38.1 Å². The monoisotopic (exact) mass is 383 g/mol. The molecule has 148 valence electrons. The molecule has 0 aliphatic rings. The summed E-state index contributed by atoms with van der Waals surface area (Å²) < 4.78 is 12.6. The first-order chi connectivity index (χ1) is 13.7. The molecule has 0 spiro atoms. The Morgan fingerprint density at radius 1 is 1.21 bits per heavy atom. The van der Waals surface area contributed by atoms with Gasteiger partial charge in [0.05, 0.1) is 19.7 Å². The van der Waals surface area contributed by atoms with Crippen molar-refractivity contribution in [1.29, 1.82) is 0 Å². The molecule has 3 rings (SSSR count). The Labute approximate surface area is 163 Å². The maximum atomic E-state index is 5.57. The summed E-state index contributed by atoms with van der Waals surface area (Å²) in [5.41, 5.74) is 1.69. The number of aromatic nitrogens is 4. The van der Waals surface area contributed by atoms with E-state index in [2.05, 4.69) is 30.8 Å². The number of hydrogen-bond donors (Lipinski definition) is 2. The molecular formula is C19H25N7O2. The van der Waals surface area contributed by atoms with Gasteiger partial charge in [0.2, 0.25) is 5.89 Å². The zero-order valence-electron chi connectivity index (χ0n) is 16.3. The van der Waals surface area contributed by atoms with E-state index in [-0.39, 0.29) is 0 Å². The maximum absolute atomic E-state index is 5.57. The van der Waals surface area contributed by atoms with Crippen LogP contribution in [0.5, 0.6) is 0 Å². The first kappa shape index (κ1) is 19.6. The second kappa shape index (κ2) is 9.65. The van der Waals surface area contributed by atoms with Crippen LogP contribution < -0.4 is 10.6 Å². The Morgan fingerprint density at radius 3 is 2.75 bits per heavy atom. The number of hydrogen-bond acceptors (Lipinski definition) is 6. The highest BCUT2D eigenvalue weighted by Crippen LogP contribution is 2.18. The number of guanidine groups is 1. The second-order valence-electron chi connectivity index (χ2n) is 6.17. The fourth-order valence-electron chi connectivity index (χ4n) is 2.47. The van der Waals surface area contributed by atoms with Crippen LogP contribution in [0.15, 0.2) is 46.0 Å². The molecule has 0 amide bonds. The molecule has 0 fully saturated rings. The lowest BCUT2D eigenvalue weighted by atomic mass is 10.2. The highest BCUT2D eigenvalue weighted by molar-refractivity contribution is 5.79. The predicted molar refractivity (Wildman–Crippen MR) is 106 cm³/mol. The van der Waals surface area contributed by atoms with E-state index in [0.717, 1.165) is 22.9 Å². The van der Waals surface area contributed by atoms with E-state index in [4.69, 9.17) is 9.15 Å². The fraction of sp³-hybridized carbons (Fsp3) is 0.368. The summed E-state index contributed by atoms with van der Waals surface area (Å²) in [6, 6.07) is 9.78. The van der Waals surface area contributed by atoms with Gasteiger partial charge in [0, 0.05) is 26.3 Å². The quantitative estimate of drug-likeness (QED) is 0.346. The first-order valence-corrected chi connectivity index (χ1v) is 9.03. The van der Waals surface area contributed by atoms with Crippen molar-refractivity contribution in [1.82, 2.24) is 30.4 Å². The molecule has 2 N–H and O–H groups in total. The van der Waals surface area contributed by atoms with Gasteiger partial charge >= 0.3 is 0 Å². The summed E-state index contributed by atoms with van der Waals surface area (Å²) >= 11 is 0. The minimum atomic E-state index is 0.385. The van der Waals surface area contributed by atoms with Crippen LogP contribution in [0, 0.1) is 6.92 Å². The third-order valence-corrected chi connectivity index (χ3v) is 4.17. The molecule has 0 aliphatic heterocycles. The van der Waals surface area contributed by atoms with E-state index >= 15 is 0 Å². The molecule has 3 aromatic rings. The molecule has 2 heterocycles. The van der Waals surface area contributed by atoms with Gasteiger partial charge in [0.25, 0.3) is 0 Å². The van der Waals surface area contributed by atoms with Gasteiger partial charge in [-0.25, -0.2) is 9.98 Å². The SMILES string of the molecule is COCCNC(=NCc1coc(-c2ccccc2)n1)NCc1nnc(C)n1C. The molecule has 9 nitrogen and oxygen atoms in total. The number of aliphatic imine (C=N–C) groups is 1. The van der Waals surface area contributed by atoms with Crippen LogP contribution in [0.3, 0.4) is 0 Å². The van der Waals surface area contributed by atoms with Gasteiger partial charge in [-0.2, -0.15) is 0 Å². The number of ether oxygens (including phenoxy) is 1. The van der Waals surface area contributed by atoms with Crippen molar-refractivity contribution in [3.05, 3.63) is 53.9 Å². The van der Waals surface area contributed by atoms with Crippen molar-refractivity contribution in [2.75, 3.05) is 20.3 Å². The minimum absolute atomic E-state index is 0.385. The van der Waals surface area contributed by atoms with Gasteiger partial charge in [0.1, 0.15) is 17.8 Å². The molecule has 0 saturated heterocycles. The van der Waals surface area contributed by atoms with Gasteiger partial charge in [0.15, 0.2) is 11.8 Å². The standard InChI is InChI=1S/C19H25N7O2/c1-14-24-25-17(26(14)2)12-22-19(20-9-10-27-3)21-11-16-13-28-18(23-16)15-7-5-4-6-8-15/h4-8,13H,9-12H2,1-3H3,(H2,20,21,22). The normalized spacial score (nSPS) is 11.6. The lowest BCUT2D eigenvalue weighted by molar-refractivity contribution is 0.203. The van der Waals surface area contributed by atoms with Gasteiger partial charge in [-0.1, -0.05) is 18.2 Å². The van der Waals surface area contributed by atoms with E-state index in [9.17, 15) is 0 Å². The smallest absolute Gasteiger partial charge is 0.226 e. The second-order valence-corrected chi connectivity index (χ2v) is 6.17. The van der Waals surface area contributed by atoms with Crippen LogP contribution in [-0.2, 0) is 24.9 Å². The van der Waals surface area contributed by atoms with Gasteiger partial charge < -0.3 is 24.4 Å². The lowest BCUT2D eigenvalue weighted by Gasteiger charge is -2.12. The van der Waals surface area contributed by atoms with Gasteiger partial charge in [-0.15, -0.1) is 10.2 Å². The van der Waals surface area contributed by atoms with Gasteiger partial charge in [-0.3, -0.25) is 0 Å². The molecule has 28 heavy (non-hydrogen) atoms. The van der Waals surface area contributed by atoms with Crippen LogP contribution in [0.25, 0.3) is 11.5 Å². The lowest BCUT2D eigenvalue weighted by Crippen LogP contribution is -2.39. The van der Waals surface area contributed by atoms with E-state index < -0.39 is 0 Å². The summed E-state index contributed by atoms with van der Waals surface area (Å²) in [7, 11) is 3.59. The molecule has 0 bridgehead atoms. The number of aryl methyl sites for hydroxylation is 1. The van der Waals surface area contributed by atoms with Crippen molar-refractivity contribution in [3.63, 3.8) is 0 Å². The Kier molecular flexibility index (Phi) is 6.74. The number of benzene rings is 1. The number of nitrogens with zero attached hydrogens (tertiary/aromatic N) is 5. The van der Waals surface area contributed by atoms with Crippen LogP contribution in [0.2, 0.25) is 0 Å². The number of methoxy groups -OCH3 is 1. The van der Waals surface area contributed by atoms with Crippen molar-refractivity contribution >= 4 is 5.96 Å². The average Bonchev–Trinajstić information content (AvgIpc) is 3.32. The summed E-state index contributed by atoms with van der Waals surface area (Å²) in [6.07, 6.45) is 1.63. The fourth-order valence-corrected chi connectivity index (χ4v) is 2.47. The van der Waals surface area contributed by atoms with Gasteiger partial charge in [-0.05, 0) is 19.1 Å². The van der Waals surface area contributed by atoms with Crippen molar-refractivity contribution in [2.24, 2.45) is 12.0 Å². The summed E-state index contributed by atoms with van der Waals surface area (Å²) in [4.78, 5) is 9.09. The number of rotatable bonds is 8. The van der Waals surface area contributed by atoms with Crippen LogP contribution in [0.1, 0.15) is 17.3 Å². The number of oxazole rings is 1. The summed E-state index contributed by atoms with van der Waals surface area (Å²) in [6.45, 7) is 4.01. The molecular weight excluding hydrogens is 358 g/mol. The Bertz CT molecular complexity index is 902. The average molecular weight is 383 g/mol. The molecule has 0 radical (unpaired) electrons. The summed E-state index contributed by atoms with van der Waals surface area (Å²) in [5, 5.41) is 14.7. The third-order valence-electron chi connectivity index (χ3n) is 4.17. The minimum Gasteiger partial charge on any atom is -0.444 e. The van der Waals surface area contributed by atoms with Crippen LogP contribution in [-0.4, -0.2) is 46.0 Å². The highest BCUT2D eigenvalue weighted by atomic mass is 16.5. The van der Waals surface area contributed by atoms with E-state index in [1.165, 1.54) is 0 Å². The predicted octanol–water partition coefficient (Wildman–Crippen LogP) is 1.66. The molecule has 0 aliphatic carbocycles. The molecule has 1 aromatic carbocycles. The van der Waals surface area contributed by atoms with Crippen LogP contribution in [0.4, 0.5) is 0 Å². The van der Waals surface area contributed by atoms with Crippen molar-refractivity contribution in [2.45, 2.75) is 20.0 Å². The summed E-state index contributed by atoms with van der Waals surface area (Å²) in [5.74, 6) is 2.91. The third kappa shape index (κ3) is 5.17. The molecule has 9 heteroatoms. The zero-order chi connectivity index (χ0) is 19.8. The van der Waals surface area contributed by atoms with Crippen molar-refractivity contribution in [3.8, 4) is 11.5 Å². The Balaban J connectivity index is 1.64. The van der Waals surface area contributed by atoms with E-state index in [1.54, 1.807) is 13.4 Å². The molecule has 0 unspecified atom stereocenters. The Hall–Kier alpha value is -3.20. The topological polar surface area (TPSA) is 102 Å². The largest absolute Gasteiger partial charge is 0.444 e. The van der Waals surface area contributed by atoms with Crippen LogP contribution >= 0.6 is 0 Å².